The molecule has 0 amide bonds. The Balaban J connectivity index is 1.82. The number of ether oxygens (including phenoxy) is 1. The Kier molecular flexibility index (Phi) is 4.24. The zero-order valence-corrected chi connectivity index (χ0v) is 12.3. The number of benzene rings is 1. The summed E-state index contributed by atoms with van der Waals surface area (Å²) in [5.74, 6) is 0.989. The normalized spacial score (nSPS) is 21.3. The molecule has 118 valence electrons. The van der Waals surface area contributed by atoms with E-state index >= 15 is 0 Å². The summed E-state index contributed by atoms with van der Waals surface area (Å²) in [6.07, 6.45) is -1.42. The van der Waals surface area contributed by atoms with Gasteiger partial charge in [0.15, 0.2) is 0 Å². The Bertz CT molecular complexity index is 624. The van der Waals surface area contributed by atoms with Crippen LogP contribution in [0.2, 0.25) is 0 Å². The summed E-state index contributed by atoms with van der Waals surface area (Å²) in [4.78, 5) is 1.54. The van der Waals surface area contributed by atoms with Crippen LogP contribution in [0.15, 0.2) is 28.7 Å². The maximum absolute atomic E-state index is 13.4. The first-order chi connectivity index (χ1) is 10.7. The lowest BCUT2D eigenvalue weighted by atomic mass is 10.2. The third-order valence-corrected chi connectivity index (χ3v) is 3.48. The van der Waals surface area contributed by atoms with Gasteiger partial charge in [-0.2, -0.15) is 0 Å². The monoisotopic (exact) mass is 307 g/mol. The Hall–Kier alpha value is -2.15. The molecule has 2 aromatic rings. The highest BCUT2D eigenvalue weighted by atomic mass is 19.1. The van der Waals surface area contributed by atoms with E-state index in [9.17, 15) is 9.50 Å². The molecule has 1 saturated heterocycles. The maximum Gasteiger partial charge on any atom is 0.318 e. The average Bonchev–Trinajstić information content (AvgIpc) is 3.13. The van der Waals surface area contributed by atoms with E-state index in [0.29, 0.717) is 23.8 Å². The second-order valence-electron chi connectivity index (χ2n) is 5.22. The summed E-state index contributed by atoms with van der Waals surface area (Å²) < 4.78 is 24.7. The molecular weight excluding hydrogens is 289 g/mol. The number of aliphatic hydroxyl groups excluding tert-OH is 1. The van der Waals surface area contributed by atoms with Gasteiger partial charge in [-0.25, -0.2) is 4.39 Å². The highest BCUT2D eigenvalue weighted by Gasteiger charge is 2.34. The first-order valence-corrected chi connectivity index (χ1v) is 7.32. The van der Waals surface area contributed by atoms with Gasteiger partial charge in [-0.15, -0.1) is 5.10 Å². The van der Waals surface area contributed by atoms with Crippen LogP contribution in [0.4, 0.5) is 10.4 Å². The Morgan fingerprint density at radius 1 is 1.36 bits per heavy atom. The molecule has 6 nitrogen and oxygen atoms in total. The van der Waals surface area contributed by atoms with Gasteiger partial charge in [0.1, 0.15) is 18.0 Å². The summed E-state index contributed by atoms with van der Waals surface area (Å²) >= 11 is 0. The summed E-state index contributed by atoms with van der Waals surface area (Å²) in [6, 6.07) is 7.61. The number of aromatic nitrogens is 2. The Morgan fingerprint density at radius 3 is 2.91 bits per heavy atom. The van der Waals surface area contributed by atoms with Gasteiger partial charge in [0.05, 0.1) is 25.3 Å². The van der Waals surface area contributed by atoms with E-state index < -0.39 is 12.3 Å². The number of anilines is 1. The van der Waals surface area contributed by atoms with E-state index in [1.54, 1.807) is 4.90 Å². The van der Waals surface area contributed by atoms with Crippen molar-refractivity contribution in [3.63, 3.8) is 0 Å². The van der Waals surface area contributed by atoms with Crippen LogP contribution in [-0.2, 0) is 0 Å². The fourth-order valence-electron chi connectivity index (χ4n) is 2.34. The minimum absolute atomic E-state index is 0.0524. The standard InChI is InChI=1S/C15H18FN3O3/c1-2-7-21-13-6-4-3-5-10(13)14-17-18-15(22-14)19-8-11(16)12(20)9-19/h3-6,11-12,20H,2,7-9H2,1H3/t11-,12-/m1/s1. The van der Waals surface area contributed by atoms with Gasteiger partial charge in [0.25, 0.3) is 5.89 Å². The van der Waals surface area contributed by atoms with Crippen molar-refractivity contribution < 1.29 is 18.7 Å². The van der Waals surface area contributed by atoms with Crippen LogP contribution in [0, 0.1) is 0 Å². The number of halogens is 1. The van der Waals surface area contributed by atoms with Gasteiger partial charge in [0.2, 0.25) is 0 Å². The van der Waals surface area contributed by atoms with Crippen molar-refractivity contribution in [1.29, 1.82) is 0 Å². The second-order valence-corrected chi connectivity index (χ2v) is 5.22. The van der Waals surface area contributed by atoms with Crippen molar-refractivity contribution >= 4 is 6.01 Å². The summed E-state index contributed by atoms with van der Waals surface area (Å²) in [5, 5.41) is 17.4. The Morgan fingerprint density at radius 2 is 2.18 bits per heavy atom. The molecule has 0 spiro atoms. The highest BCUT2D eigenvalue weighted by molar-refractivity contribution is 5.62. The van der Waals surface area contributed by atoms with Crippen molar-refractivity contribution in [1.82, 2.24) is 10.2 Å². The fraction of sp³-hybridized carbons (Fsp3) is 0.467. The molecule has 0 bridgehead atoms. The molecule has 0 saturated carbocycles. The third-order valence-electron chi connectivity index (χ3n) is 3.48. The van der Waals surface area contributed by atoms with E-state index in [1.807, 2.05) is 31.2 Å². The molecule has 0 radical (unpaired) electrons. The van der Waals surface area contributed by atoms with Crippen molar-refractivity contribution in [2.75, 3.05) is 24.6 Å². The van der Waals surface area contributed by atoms with Crippen LogP contribution in [-0.4, -0.2) is 47.3 Å². The molecule has 2 atom stereocenters. The predicted molar refractivity (Wildman–Crippen MR) is 78.6 cm³/mol. The smallest absolute Gasteiger partial charge is 0.318 e. The van der Waals surface area contributed by atoms with Gasteiger partial charge in [0, 0.05) is 0 Å². The van der Waals surface area contributed by atoms with Crippen LogP contribution in [0.1, 0.15) is 13.3 Å². The molecule has 0 unspecified atom stereocenters. The molecule has 1 aliphatic heterocycles. The molecule has 1 aromatic carbocycles. The minimum atomic E-state index is -1.30. The SMILES string of the molecule is CCCOc1ccccc1-c1nnc(N2C[C@@H](O)[C@H](F)C2)o1. The Labute approximate surface area is 127 Å². The first kappa shape index (κ1) is 14.8. The molecule has 2 heterocycles. The molecule has 1 N–H and O–H groups in total. The van der Waals surface area contributed by atoms with Gasteiger partial charge in [-0.3, -0.25) is 0 Å². The van der Waals surface area contributed by atoms with Crippen molar-refractivity contribution in [3.8, 4) is 17.2 Å². The van der Waals surface area contributed by atoms with Gasteiger partial charge >= 0.3 is 6.01 Å². The lowest BCUT2D eigenvalue weighted by molar-refractivity contribution is 0.118. The quantitative estimate of drug-likeness (QED) is 0.911. The molecule has 1 fully saturated rings. The molecule has 0 aliphatic carbocycles. The number of alkyl halides is 1. The molecule has 7 heteroatoms. The van der Waals surface area contributed by atoms with Gasteiger partial charge in [-0.1, -0.05) is 24.2 Å². The molecule has 22 heavy (non-hydrogen) atoms. The first-order valence-electron chi connectivity index (χ1n) is 7.32. The van der Waals surface area contributed by atoms with Crippen LogP contribution < -0.4 is 9.64 Å². The topological polar surface area (TPSA) is 71.6 Å². The number of aliphatic hydroxyl groups is 1. The predicted octanol–water partition coefficient (Wildman–Crippen LogP) is 2.04. The van der Waals surface area contributed by atoms with E-state index in [2.05, 4.69) is 10.2 Å². The van der Waals surface area contributed by atoms with Crippen LogP contribution in [0.3, 0.4) is 0 Å². The number of hydrogen-bond acceptors (Lipinski definition) is 6. The number of hydrogen-bond donors (Lipinski definition) is 1. The van der Waals surface area contributed by atoms with E-state index in [0.717, 1.165) is 6.42 Å². The van der Waals surface area contributed by atoms with Crippen LogP contribution in [0.5, 0.6) is 5.75 Å². The number of nitrogens with zero attached hydrogens (tertiary/aromatic N) is 3. The van der Waals surface area contributed by atoms with Gasteiger partial charge < -0.3 is 19.2 Å². The maximum atomic E-state index is 13.4. The van der Waals surface area contributed by atoms with E-state index in [-0.39, 0.29) is 19.1 Å². The summed E-state index contributed by atoms with van der Waals surface area (Å²) in [5.41, 5.74) is 0.700. The lowest BCUT2D eigenvalue weighted by Crippen LogP contribution is -2.21. The molecular formula is C15H18FN3O3. The fourth-order valence-corrected chi connectivity index (χ4v) is 2.34. The summed E-state index contributed by atoms with van der Waals surface area (Å²) in [7, 11) is 0. The number of rotatable bonds is 5. The van der Waals surface area contributed by atoms with E-state index in [1.165, 1.54) is 0 Å². The zero-order chi connectivity index (χ0) is 15.5. The highest BCUT2D eigenvalue weighted by Crippen LogP contribution is 2.31. The molecule has 3 rings (SSSR count). The average molecular weight is 307 g/mol. The van der Waals surface area contributed by atoms with E-state index in [4.69, 9.17) is 9.15 Å². The lowest BCUT2D eigenvalue weighted by Gasteiger charge is -2.10. The second kappa shape index (κ2) is 6.31. The molecule has 1 aromatic heterocycles. The van der Waals surface area contributed by atoms with Crippen LogP contribution in [0.25, 0.3) is 11.5 Å². The summed E-state index contributed by atoms with van der Waals surface area (Å²) in [6.45, 7) is 2.83. The van der Waals surface area contributed by atoms with Crippen molar-refractivity contribution in [2.45, 2.75) is 25.6 Å². The van der Waals surface area contributed by atoms with Crippen molar-refractivity contribution in [3.05, 3.63) is 24.3 Å². The molecule has 1 aliphatic rings. The van der Waals surface area contributed by atoms with Gasteiger partial charge in [-0.05, 0) is 18.6 Å². The third kappa shape index (κ3) is 2.89. The number of para-hydroxylation sites is 1. The minimum Gasteiger partial charge on any atom is -0.493 e. The largest absolute Gasteiger partial charge is 0.493 e. The van der Waals surface area contributed by atoms with Crippen LogP contribution >= 0.6 is 0 Å². The number of β-amino-alcohol motifs (C(OH)–C–C–N with tert-alkyl or cyclic N) is 1. The van der Waals surface area contributed by atoms with Crippen molar-refractivity contribution in [2.24, 2.45) is 0 Å². The zero-order valence-electron chi connectivity index (χ0n) is 12.3.